The van der Waals surface area contributed by atoms with E-state index in [0.29, 0.717) is 19.5 Å². The van der Waals surface area contributed by atoms with E-state index in [-0.39, 0.29) is 5.91 Å². The van der Waals surface area contributed by atoms with Gasteiger partial charge in [0.1, 0.15) is 0 Å². The van der Waals surface area contributed by atoms with E-state index in [1.54, 1.807) is 12.5 Å². The lowest BCUT2D eigenvalue weighted by Gasteiger charge is -2.04. The molecule has 0 saturated heterocycles. The van der Waals surface area contributed by atoms with Gasteiger partial charge in [0.15, 0.2) is 0 Å². The Hall–Kier alpha value is -2.14. The van der Waals surface area contributed by atoms with Gasteiger partial charge in [0, 0.05) is 12.7 Å². The maximum atomic E-state index is 11.7. The standard InChI is InChI=1S/C13H16N4O/c14-6-11-3-1-10(2-4-11)5-13(18)16-8-12-7-15-9-17-12/h1-4,7,9H,5-6,8,14H2,(H,15,17)(H,16,18). The lowest BCUT2D eigenvalue weighted by atomic mass is 10.1. The van der Waals surface area contributed by atoms with Gasteiger partial charge >= 0.3 is 0 Å². The number of hydrogen-bond acceptors (Lipinski definition) is 3. The van der Waals surface area contributed by atoms with Gasteiger partial charge in [-0.2, -0.15) is 0 Å². The third-order valence-electron chi connectivity index (χ3n) is 2.65. The van der Waals surface area contributed by atoms with Crippen LogP contribution in [0, 0.1) is 0 Å². The van der Waals surface area contributed by atoms with E-state index in [4.69, 9.17) is 5.73 Å². The van der Waals surface area contributed by atoms with Gasteiger partial charge < -0.3 is 16.0 Å². The zero-order chi connectivity index (χ0) is 12.8. The maximum absolute atomic E-state index is 11.7. The van der Waals surface area contributed by atoms with Gasteiger partial charge in [0.2, 0.25) is 5.91 Å². The number of aromatic amines is 1. The Bertz CT molecular complexity index is 490. The fourth-order valence-corrected chi connectivity index (χ4v) is 1.62. The molecule has 0 bridgehead atoms. The molecule has 2 aromatic rings. The van der Waals surface area contributed by atoms with Crippen LogP contribution in [0.1, 0.15) is 16.8 Å². The van der Waals surface area contributed by atoms with E-state index < -0.39 is 0 Å². The highest BCUT2D eigenvalue weighted by atomic mass is 16.1. The Labute approximate surface area is 105 Å². The number of carbonyl (C=O) groups excluding carboxylic acids is 1. The Kier molecular flexibility index (Phi) is 4.09. The molecule has 0 aliphatic heterocycles. The second-order valence-electron chi connectivity index (χ2n) is 4.05. The van der Waals surface area contributed by atoms with Crippen LogP contribution in [0.2, 0.25) is 0 Å². The number of benzene rings is 1. The van der Waals surface area contributed by atoms with Crippen molar-refractivity contribution in [2.45, 2.75) is 19.5 Å². The topological polar surface area (TPSA) is 83.8 Å². The smallest absolute Gasteiger partial charge is 0.224 e. The Balaban J connectivity index is 1.83. The van der Waals surface area contributed by atoms with Gasteiger partial charge in [0.05, 0.1) is 25.0 Å². The summed E-state index contributed by atoms with van der Waals surface area (Å²) in [6, 6.07) is 7.74. The van der Waals surface area contributed by atoms with E-state index in [9.17, 15) is 4.79 Å². The SMILES string of the molecule is NCc1ccc(CC(=O)NCc2cnc[nH]2)cc1. The molecule has 1 aromatic heterocycles. The molecule has 1 aromatic carbocycles. The minimum atomic E-state index is -0.00917. The van der Waals surface area contributed by atoms with E-state index >= 15 is 0 Å². The maximum Gasteiger partial charge on any atom is 0.224 e. The predicted molar refractivity (Wildman–Crippen MR) is 68.5 cm³/mol. The van der Waals surface area contributed by atoms with Crippen LogP contribution in [0.3, 0.4) is 0 Å². The van der Waals surface area contributed by atoms with Crippen molar-refractivity contribution in [1.29, 1.82) is 0 Å². The molecule has 0 radical (unpaired) electrons. The summed E-state index contributed by atoms with van der Waals surface area (Å²) in [6.45, 7) is 0.992. The third kappa shape index (κ3) is 3.43. The van der Waals surface area contributed by atoms with Crippen LogP contribution in [0.15, 0.2) is 36.8 Å². The first kappa shape index (κ1) is 12.3. The lowest BCUT2D eigenvalue weighted by Crippen LogP contribution is -2.24. The number of carbonyl (C=O) groups is 1. The van der Waals surface area contributed by atoms with Crippen LogP contribution >= 0.6 is 0 Å². The fraction of sp³-hybridized carbons (Fsp3) is 0.231. The van der Waals surface area contributed by atoms with Crippen molar-refractivity contribution in [2.24, 2.45) is 5.73 Å². The molecule has 5 nitrogen and oxygen atoms in total. The molecule has 0 fully saturated rings. The molecule has 5 heteroatoms. The first-order valence-electron chi connectivity index (χ1n) is 5.80. The molecule has 1 heterocycles. The van der Waals surface area contributed by atoms with Crippen LogP contribution in [0.5, 0.6) is 0 Å². The van der Waals surface area contributed by atoms with Gasteiger partial charge in [0.25, 0.3) is 0 Å². The number of rotatable bonds is 5. The van der Waals surface area contributed by atoms with Crippen LogP contribution < -0.4 is 11.1 Å². The fourth-order valence-electron chi connectivity index (χ4n) is 1.62. The largest absolute Gasteiger partial charge is 0.350 e. The number of nitrogens with one attached hydrogen (secondary N) is 2. The van der Waals surface area contributed by atoms with Crippen LogP contribution in [-0.4, -0.2) is 15.9 Å². The van der Waals surface area contributed by atoms with Gasteiger partial charge in [-0.1, -0.05) is 24.3 Å². The Morgan fingerprint density at radius 2 is 2.00 bits per heavy atom. The predicted octanol–water partition coefficient (Wildman–Crippen LogP) is 0.727. The van der Waals surface area contributed by atoms with Gasteiger partial charge in [-0.15, -0.1) is 0 Å². The zero-order valence-corrected chi connectivity index (χ0v) is 10.0. The molecule has 94 valence electrons. The second kappa shape index (κ2) is 5.97. The summed E-state index contributed by atoms with van der Waals surface area (Å²) in [5.74, 6) is -0.00917. The van der Waals surface area contributed by atoms with E-state index in [2.05, 4.69) is 15.3 Å². The summed E-state index contributed by atoms with van der Waals surface area (Å²) in [5.41, 5.74) is 8.45. The van der Waals surface area contributed by atoms with Crippen LogP contribution in [0.25, 0.3) is 0 Å². The molecule has 0 saturated carbocycles. The number of nitrogens with zero attached hydrogens (tertiary/aromatic N) is 1. The Morgan fingerprint density at radius 1 is 1.28 bits per heavy atom. The molecule has 0 spiro atoms. The van der Waals surface area contributed by atoms with Crippen molar-refractivity contribution in [3.05, 3.63) is 53.6 Å². The average molecular weight is 244 g/mol. The highest BCUT2D eigenvalue weighted by molar-refractivity contribution is 5.78. The first-order valence-corrected chi connectivity index (χ1v) is 5.80. The average Bonchev–Trinajstić information content (AvgIpc) is 2.90. The molecule has 4 N–H and O–H groups in total. The van der Waals surface area contributed by atoms with Crippen molar-refractivity contribution in [2.75, 3.05) is 0 Å². The summed E-state index contributed by atoms with van der Waals surface area (Å²) in [7, 11) is 0. The number of imidazole rings is 1. The quantitative estimate of drug-likeness (QED) is 0.725. The van der Waals surface area contributed by atoms with Gasteiger partial charge in [-0.05, 0) is 11.1 Å². The summed E-state index contributed by atoms with van der Waals surface area (Å²) in [5, 5.41) is 2.83. The van der Waals surface area contributed by atoms with Crippen molar-refractivity contribution >= 4 is 5.91 Å². The van der Waals surface area contributed by atoms with Crippen LogP contribution in [-0.2, 0) is 24.3 Å². The number of nitrogens with two attached hydrogens (primary N) is 1. The molecule has 18 heavy (non-hydrogen) atoms. The molecular formula is C13H16N4O. The summed E-state index contributed by atoms with van der Waals surface area (Å²) >= 11 is 0. The second-order valence-corrected chi connectivity index (χ2v) is 4.05. The molecule has 0 aliphatic rings. The molecule has 2 rings (SSSR count). The molecule has 0 unspecified atom stereocenters. The summed E-state index contributed by atoms with van der Waals surface area (Å²) in [6.07, 6.45) is 3.66. The van der Waals surface area contributed by atoms with Gasteiger partial charge in [-0.3, -0.25) is 4.79 Å². The third-order valence-corrected chi connectivity index (χ3v) is 2.65. The highest BCUT2D eigenvalue weighted by Gasteiger charge is 2.03. The minimum absolute atomic E-state index is 0.00917. The minimum Gasteiger partial charge on any atom is -0.350 e. The lowest BCUT2D eigenvalue weighted by molar-refractivity contribution is -0.120. The number of amides is 1. The zero-order valence-electron chi connectivity index (χ0n) is 10.0. The summed E-state index contributed by atoms with van der Waals surface area (Å²) < 4.78 is 0. The molecule has 1 amide bonds. The normalized spacial score (nSPS) is 10.3. The summed E-state index contributed by atoms with van der Waals surface area (Å²) in [4.78, 5) is 18.5. The van der Waals surface area contributed by atoms with Crippen molar-refractivity contribution in [3.8, 4) is 0 Å². The first-order chi connectivity index (χ1) is 8.78. The number of aromatic nitrogens is 2. The van der Waals surface area contributed by atoms with Gasteiger partial charge in [-0.25, -0.2) is 4.98 Å². The highest BCUT2D eigenvalue weighted by Crippen LogP contribution is 2.04. The molecular weight excluding hydrogens is 228 g/mol. The monoisotopic (exact) mass is 244 g/mol. The van der Waals surface area contributed by atoms with Crippen molar-refractivity contribution in [1.82, 2.24) is 15.3 Å². The van der Waals surface area contributed by atoms with E-state index in [0.717, 1.165) is 16.8 Å². The molecule has 0 atom stereocenters. The van der Waals surface area contributed by atoms with Crippen molar-refractivity contribution < 1.29 is 4.79 Å². The number of H-pyrrole nitrogens is 1. The Morgan fingerprint density at radius 3 is 2.61 bits per heavy atom. The van der Waals surface area contributed by atoms with Crippen LogP contribution in [0.4, 0.5) is 0 Å². The number of hydrogen-bond donors (Lipinski definition) is 3. The van der Waals surface area contributed by atoms with E-state index in [1.165, 1.54) is 0 Å². The molecule has 0 aliphatic carbocycles. The van der Waals surface area contributed by atoms with E-state index in [1.807, 2.05) is 24.3 Å². The van der Waals surface area contributed by atoms with Crippen molar-refractivity contribution in [3.63, 3.8) is 0 Å².